The highest BCUT2D eigenvalue weighted by atomic mass is 32.1. The third kappa shape index (κ3) is 2.92. The first-order chi connectivity index (χ1) is 12.7. The summed E-state index contributed by atoms with van der Waals surface area (Å²) in [6.45, 7) is 3.52. The van der Waals surface area contributed by atoms with Crippen LogP contribution in [0, 0.1) is 0 Å². The summed E-state index contributed by atoms with van der Waals surface area (Å²) in [5.41, 5.74) is 1.81. The zero-order chi connectivity index (χ0) is 18.1. The maximum atomic E-state index is 13.2. The molecule has 6 nitrogen and oxygen atoms in total. The topological polar surface area (TPSA) is 62.6 Å². The van der Waals surface area contributed by atoms with E-state index in [0.29, 0.717) is 25.2 Å². The fraction of sp³-hybridized carbons (Fsp3) is 0.368. The Bertz CT molecular complexity index is 964. The predicted octanol–water partition coefficient (Wildman–Crippen LogP) is 3.11. The van der Waals surface area contributed by atoms with Crippen LogP contribution in [0.15, 0.2) is 40.8 Å². The van der Waals surface area contributed by atoms with Crippen LogP contribution in [0.25, 0.3) is 21.3 Å². The zero-order valence-electron chi connectivity index (χ0n) is 14.7. The minimum Gasteiger partial charge on any atom is -0.494 e. The van der Waals surface area contributed by atoms with Crippen molar-refractivity contribution in [3.63, 3.8) is 0 Å². The van der Waals surface area contributed by atoms with Gasteiger partial charge in [-0.1, -0.05) is 12.1 Å². The van der Waals surface area contributed by atoms with Gasteiger partial charge in [0.15, 0.2) is 0 Å². The fourth-order valence-corrected chi connectivity index (χ4v) is 4.21. The van der Waals surface area contributed by atoms with Gasteiger partial charge in [0, 0.05) is 18.1 Å². The van der Waals surface area contributed by atoms with Gasteiger partial charge in [0.1, 0.15) is 16.7 Å². The maximum Gasteiger partial charge on any atom is 0.263 e. The van der Waals surface area contributed by atoms with Gasteiger partial charge in [-0.15, -0.1) is 11.3 Å². The molecule has 1 fully saturated rings. The summed E-state index contributed by atoms with van der Waals surface area (Å²) in [6.07, 6.45) is 1.47. The van der Waals surface area contributed by atoms with Crippen LogP contribution in [-0.2, 0) is 9.47 Å². The van der Waals surface area contributed by atoms with Crippen molar-refractivity contribution >= 4 is 21.6 Å². The second kappa shape index (κ2) is 7.19. The summed E-state index contributed by atoms with van der Waals surface area (Å²) in [5.74, 6) is 0.817. The molecule has 7 heteroatoms. The molecule has 1 saturated heterocycles. The van der Waals surface area contributed by atoms with E-state index in [0.717, 1.165) is 21.7 Å². The van der Waals surface area contributed by atoms with Crippen LogP contribution in [0.3, 0.4) is 0 Å². The van der Waals surface area contributed by atoms with E-state index in [1.165, 1.54) is 11.3 Å². The molecule has 0 radical (unpaired) electrons. The molecule has 136 valence electrons. The summed E-state index contributed by atoms with van der Waals surface area (Å²) < 4.78 is 18.1. The lowest BCUT2D eigenvalue weighted by Crippen LogP contribution is -2.32. The number of benzene rings is 1. The summed E-state index contributed by atoms with van der Waals surface area (Å²) in [4.78, 5) is 18.4. The van der Waals surface area contributed by atoms with Crippen molar-refractivity contribution in [2.24, 2.45) is 0 Å². The Morgan fingerprint density at radius 1 is 1.31 bits per heavy atom. The van der Waals surface area contributed by atoms with Crippen molar-refractivity contribution in [3.05, 3.63) is 46.3 Å². The number of nitrogens with zero attached hydrogens (tertiary/aromatic N) is 2. The average molecular weight is 372 g/mol. The van der Waals surface area contributed by atoms with Crippen molar-refractivity contribution in [1.82, 2.24) is 9.55 Å². The van der Waals surface area contributed by atoms with Gasteiger partial charge in [0.25, 0.3) is 5.56 Å². The standard InChI is InChI=1S/C19H20N2O4S/c1-3-25-13-6-4-12(5-7-13)14-10-26-18-17(14)19(22)21(11-20-18)15-8-24-9-16(15)23-2/h4-7,10-11,15-16H,3,8-9H2,1-2H3/t15-,16-/m0/s1. The van der Waals surface area contributed by atoms with E-state index in [2.05, 4.69) is 4.98 Å². The Balaban J connectivity index is 1.79. The summed E-state index contributed by atoms with van der Waals surface area (Å²) in [6, 6.07) is 7.63. The first-order valence-corrected chi connectivity index (χ1v) is 9.43. The van der Waals surface area contributed by atoms with Crippen LogP contribution in [0.2, 0.25) is 0 Å². The zero-order valence-corrected chi connectivity index (χ0v) is 15.5. The van der Waals surface area contributed by atoms with E-state index in [4.69, 9.17) is 14.2 Å². The molecule has 2 atom stereocenters. The number of rotatable bonds is 5. The molecule has 26 heavy (non-hydrogen) atoms. The van der Waals surface area contributed by atoms with Crippen LogP contribution in [0.4, 0.5) is 0 Å². The predicted molar refractivity (Wildman–Crippen MR) is 101 cm³/mol. The van der Waals surface area contributed by atoms with E-state index >= 15 is 0 Å². The second-order valence-electron chi connectivity index (χ2n) is 6.12. The number of fused-ring (bicyclic) bond motifs is 1. The van der Waals surface area contributed by atoms with E-state index in [-0.39, 0.29) is 17.7 Å². The third-order valence-electron chi connectivity index (χ3n) is 4.66. The lowest BCUT2D eigenvalue weighted by atomic mass is 10.1. The second-order valence-corrected chi connectivity index (χ2v) is 6.98. The van der Waals surface area contributed by atoms with E-state index < -0.39 is 0 Å². The molecule has 3 aromatic rings. The Morgan fingerprint density at radius 3 is 2.85 bits per heavy atom. The van der Waals surface area contributed by atoms with Crippen molar-refractivity contribution < 1.29 is 14.2 Å². The molecule has 0 aliphatic carbocycles. The van der Waals surface area contributed by atoms with Crippen molar-refractivity contribution in [2.75, 3.05) is 26.9 Å². The number of hydrogen-bond donors (Lipinski definition) is 0. The SMILES string of the molecule is CCOc1ccc(-c2csc3ncn([C@H]4COC[C@@H]4OC)c(=O)c23)cc1. The van der Waals surface area contributed by atoms with E-state index in [1.807, 2.05) is 36.6 Å². The van der Waals surface area contributed by atoms with Crippen LogP contribution in [-0.4, -0.2) is 42.6 Å². The number of hydrogen-bond acceptors (Lipinski definition) is 6. The molecule has 0 N–H and O–H groups in total. The molecule has 1 aromatic carbocycles. The molecule has 2 aromatic heterocycles. The van der Waals surface area contributed by atoms with Gasteiger partial charge in [0.05, 0.1) is 37.6 Å². The van der Waals surface area contributed by atoms with Crippen molar-refractivity contribution in [2.45, 2.75) is 19.1 Å². The Morgan fingerprint density at radius 2 is 2.12 bits per heavy atom. The highest BCUT2D eigenvalue weighted by molar-refractivity contribution is 7.17. The molecule has 3 heterocycles. The molecular weight excluding hydrogens is 352 g/mol. The number of thiophene rings is 1. The van der Waals surface area contributed by atoms with Crippen molar-refractivity contribution in [3.8, 4) is 16.9 Å². The number of methoxy groups -OCH3 is 1. The van der Waals surface area contributed by atoms with E-state index in [1.54, 1.807) is 18.0 Å². The van der Waals surface area contributed by atoms with Gasteiger partial charge in [-0.05, 0) is 24.6 Å². The fourth-order valence-electron chi connectivity index (χ4n) is 3.30. The van der Waals surface area contributed by atoms with Crippen LogP contribution >= 0.6 is 11.3 Å². The van der Waals surface area contributed by atoms with Gasteiger partial charge < -0.3 is 14.2 Å². The van der Waals surface area contributed by atoms with Crippen LogP contribution < -0.4 is 10.3 Å². The first-order valence-electron chi connectivity index (χ1n) is 8.55. The van der Waals surface area contributed by atoms with Gasteiger partial charge >= 0.3 is 0 Å². The monoisotopic (exact) mass is 372 g/mol. The van der Waals surface area contributed by atoms with Gasteiger partial charge in [0.2, 0.25) is 0 Å². The van der Waals surface area contributed by atoms with Crippen molar-refractivity contribution in [1.29, 1.82) is 0 Å². The lowest BCUT2D eigenvalue weighted by molar-refractivity contribution is 0.0679. The lowest BCUT2D eigenvalue weighted by Gasteiger charge is -2.18. The molecule has 0 saturated carbocycles. The quantitative estimate of drug-likeness (QED) is 0.689. The normalized spacial score (nSPS) is 19.9. The molecule has 1 aliphatic rings. The summed E-state index contributed by atoms with van der Waals surface area (Å²) in [5, 5.41) is 2.63. The molecule has 0 amide bonds. The highest BCUT2D eigenvalue weighted by Crippen LogP contribution is 2.32. The minimum atomic E-state index is -0.155. The Kier molecular flexibility index (Phi) is 4.76. The average Bonchev–Trinajstić information content (AvgIpc) is 3.30. The minimum absolute atomic E-state index is 0.0577. The molecule has 0 bridgehead atoms. The molecular formula is C19H20N2O4S. The summed E-state index contributed by atoms with van der Waals surface area (Å²) >= 11 is 1.48. The van der Waals surface area contributed by atoms with Gasteiger partial charge in [-0.3, -0.25) is 9.36 Å². The first kappa shape index (κ1) is 17.2. The highest BCUT2D eigenvalue weighted by Gasteiger charge is 2.31. The largest absolute Gasteiger partial charge is 0.494 e. The number of ether oxygens (including phenoxy) is 3. The molecule has 1 aliphatic heterocycles. The molecule has 4 rings (SSSR count). The number of aromatic nitrogens is 2. The van der Waals surface area contributed by atoms with Crippen LogP contribution in [0.1, 0.15) is 13.0 Å². The Hall–Kier alpha value is -2.22. The molecule has 0 unspecified atom stereocenters. The van der Waals surface area contributed by atoms with Gasteiger partial charge in [-0.25, -0.2) is 4.98 Å². The van der Waals surface area contributed by atoms with Gasteiger partial charge in [-0.2, -0.15) is 0 Å². The van der Waals surface area contributed by atoms with Crippen LogP contribution in [0.5, 0.6) is 5.75 Å². The Labute approximate surface area is 155 Å². The summed E-state index contributed by atoms with van der Waals surface area (Å²) in [7, 11) is 1.64. The van der Waals surface area contributed by atoms with E-state index in [9.17, 15) is 4.79 Å². The maximum absolute atomic E-state index is 13.2. The third-order valence-corrected chi connectivity index (χ3v) is 5.54. The smallest absolute Gasteiger partial charge is 0.263 e. The molecule has 0 spiro atoms.